The van der Waals surface area contributed by atoms with Crippen molar-refractivity contribution in [2.24, 2.45) is 0 Å². The summed E-state index contributed by atoms with van der Waals surface area (Å²) in [6, 6.07) is 3.89. The molecule has 1 fully saturated rings. The number of amides is 3. The molecule has 0 bridgehead atoms. The molecule has 0 radical (unpaired) electrons. The topological polar surface area (TPSA) is 131 Å². The van der Waals surface area contributed by atoms with Crippen LogP contribution in [0.5, 0.6) is 11.5 Å². The third-order valence-electron chi connectivity index (χ3n) is 4.32. The highest BCUT2D eigenvalue weighted by atomic mass is 16.7. The number of nitrogens with zero attached hydrogens (tertiary/aromatic N) is 1. The number of imide groups is 1. The Morgan fingerprint density at radius 2 is 1.69 bits per heavy atom. The largest absolute Gasteiger partial charge is 0.508 e. The van der Waals surface area contributed by atoms with Gasteiger partial charge in [-0.05, 0) is 45.7 Å². The number of ether oxygens (including phenoxy) is 2. The van der Waals surface area contributed by atoms with Crippen molar-refractivity contribution in [3.05, 3.63) is 23.8 Å². The lowest BCUT2D eigenvalue weighted by molar-refractivity contribution is -0.172. The maximum Gasteiger partial charge on any atom is 0.407 e. The fourth-order valence-corrected chi connectivity index (χ4v) is 2.85. The molecule has 1 aliphatic rings. The number of rotatable bonds is 10. The summed E-state index contributed by atoms with van der Waals surface area (Å²) in [7, 11) is 0. The standard InChI is InChI=1S/C22H30N2O8/c1-22(2,3)31-21(29)23-10-6-4-5-7-11-30-17-13-15(12-16(25)14-17)20(28)32-24-18(26)8-9-19(24)27/h12-14,25H,4-11H2,1-3H3,(H,23,29). The number of carbonyl (C=O) groups excluding carboxylic acids is 4. The molecular formula is C22H30N2O8. The molecule has 2 rings (SSSR count). The first kappa shape index (κ1) is 25.0. The van der Waals surface area contributed by atoms with Gasteiger partial charge < -0.3 is 24.7 Å². The second-order valence-corrected chi connectivity index (χ2v) is 8.37. The van der Waals surface area contributed by atoms with Crippen molar-refractivity contribution < 1.29 is 38.6 Å². The molecule has 2 N–H and O–H groups in total. The summed E-state index contributed by atoms with van der Waals surface area (Å²) in [6.07, 6.45) is 2.85. The smallest absolute Gasteiger partial charge is 0.407 e. The first-order valence-electron chi connectivity index (χ1n) is 10.6. The highest BCUT2D eigenvalue weighted by Crippen LogP contribution is 2.24. The predicted molar refractivity (Wildman–Crippen MR) is 113 cm³/mol. The van der Waals surface area contributed by atoms with Crippen molar-refractivity contribution in [2.75, 3.05) is 13.2 Å². The van der Waals surface area contributed by atoms with Crippen molar-refractivity contribution in [1.82, 2.24) is 10.4 Å². The van der Waals surface area contributed by atoms with E-state index in [1.54, 1.807) is 20.8 Å². The Morgan fingerprint density at radius 3 is 2.34 bits per heavy atom. The number of carbonyl (C=O) groups is 4. The number of phenols is 1. The number of unbranched alkanes of at least 4 members (excludes halogenated alkanes) is 3. The first-order valence-corrected chi connectivity index (χ1v) is 10.6. The van der Waals surface area contributed by atoms with Crippen LogP contribution in [0.25, 0.3) is 0 Å². The minimum absolute atomic E-state index is 0.00240. The molecule has 10 heteroatoms. The molecule has 1 heterocycles. The maximum atomic E-state index is 12.2. The lowest BCUT2D eigenvalue weighted by atomic mass is 10.2. The van der Waals surface area contributed by atoms with Gasteiger partial charge in [-0.1, -0.05) is 12.8 Å². The summed E-state index contributed by atoms with van der Waals surface area (Å²) < 4.78 is 10.7. The van der Waals surface area contributed by atoms with E-state index >= 15 is 0 Å². The lowest BCUT2D eigenvalue weighted by Gasteiger charge is -2.19. The molecule has 3 amide bonds. The zero-order valence-corrected chi connectivity index (χ0v) is 18.6. The Kier molecular flexibility index (Phi) is 8.86. The van der Waals surface area contributed by atoms with Crippen LogP contribution in [0, 0.1) is 0 Å². The molecule has 10 nitrogen and oxygen atoms in total. The van der Waals surface area contributed by atoms with Crippen molar-refractivity contribution in [3.8, 4) is 11.5 Å². The van der Waals surface area contributed by atoms with E-state index in [1.165, 1.54) is 12.1 Å². The van der Waals surface area contributed by atoms with Gasteiger partial charge in [0, 0.05) is 25.5 Å². The van der Waals surface area contributed by atoms with Crippen LogP contribution in [-0.2, 0) is 19.2 Å². The van der Waals surface area contributed by atoms with Gasteiger partial charge in [-0.2, -0.15) is 0 Å². The minimum Gasteiger partial charge on any atom is -0.508 e. The van der Waals surface area contributed by atoms with Crippen molar-refractivity contribution in [3.63, 3.8) is 0 Å². The van der Waals surface area contributed by atoms with E-state index in [2.05, 4.69) is 5.32 Å². The molecule has 1 aromatic carbocycles. The molecule has 1 saturated heterocycles. The van der Waals surface area contributed by atoms with Gasteiger partial charge in [-0.25, -0.2) is 9.59 Å². The van der Waals surface area contributed by atoms with Crippen LogP contribution in [0.4, 0.5) is 4.79 Å². The average Bonchev–Trinajstić information content (AvgIpc) is 3.00. The van der Waals surface area contributed by atoms with Gasteiger partial charge in [0.15, 0.2) is 0 Å². The van der Waals surface area contributed by atoms with Crippen molar-refractivity contribution in [2.45, 2.75) is 64.9 Å². The Balaban J connectivity index is 1.69. The Hall–Kier alpha value is -3.30. The number of hydrogen-bond donors (Lipinski definition) is 2. The van der Waals surface area contributed by atoms with Crippen molar-refractivity contribution >= 4 is 23.9 Å². The van der Waals surface area contributed by atoms with Crippen LogP contribution < -0.4 is 10.1 Å². The number of hydrogen-bond acceptors (Lipinski definition) is 8. The van der Waals surface area contributed by atoms with E-state index in [0.717, 1.165) is 31.7 Å². The van der Waals surface area contributed by atoms with Gasteiger partial charge in [0.1, 0.15) is 17.1 Å². The molecule has 0 aliphatic carbocycles. The summed E-state index contributed by atoms with van der Waals surface area (Å²) >= 11 is 0. The van der Waals surface area contributed by atoms with Crippen LogP contribution in [-0.4, -0.2) is 52.8 Å². The molecular weight excluding hydrogens is 420 g/mol. The monoisotopic (exact) mass is 450 g/mol. The number of hydroxylamine groups is 2. The molecule has 32 heavy (non-hydrogen) atoms. The van der Waals surface area contributed by atoms with Gasteiger partial charge in [0.25, 0.3) is 11.8 Å². The Bertz CT molecular complexity index is 831. The summed E-state index contributed by atoms with van der Waals surface area (Å²) in [6.45, 7) is 6.30. The second-order valence-electron chi connectivity index (χ2n) is 8.37. The maximum absolute atomic E-state index is 12.2. The highest BCUT2D eigenvalue weighted by molar-refractivity contribution is 6.02. The Labute approximate surface area is 186 Å². The van der Waals surface area contributed by atoms with Crippen LogP contribution >= 0.6 is 0 Å². The zero-order valence-electron chi connectivity index (χ0n) is 18.6. The quantitative estimate of drug-likeness (QED) is 0.411. The van der Waals surface area contributed by atoms with E-state index in [4.69, 9.17) is 14.3 Å². The normalized spacial score (nSPS) is 13.8. The molecule has 1 aromatic rings. The third-order valence-corrected chi connectivity index (χ3v) is 4.32. The number of nitrogens with one attached hydrogen (secondary N) is 1. The molecule has 0 atom stereocenters. The van der Waals surface area contributed by atoms with Gasteiger partial charge in [0.05, 0.1) is 12.2 Å². The van der Waals surface area contributed by atoms with Gasteiger partial charge in [-0.15, -0.1) is 5.06 Å². The molecule has 0 saturated carbocycles. The summed E-state index contributed by atoms with van der Waals surface area (Å²) in [4.78, 5) is 51.7. The third kappa shape index (κ3) is 8.44. The molecule has 176 valence electrons. The number of aromatic hydroxyl groups is 1. The van der Waals surface area contributed by atoms with E-state index < -0.39 is 29.5 Å². The van der Waals surface area contributed by atoms with Crippen LogP contribution in [0.15, 0.2) is 18.2 Å². The number of alkyl carbamates (subject to hydrolysis) is 1. The fourth-order valence-electron chi connectivity index (χ4n) is 2.85. The molecule has 0 spiro atoms. The van der Waals surface area contributed by atoms with Gasteiger partial charge in [-0.3, -0.25) is 9.59 Å². The Morgan fingerprint density at radius 1 is 1.03 bits per heavy atom. The predicted octanol–water partition coefficient (Wildman–Crippen LogP) is 3.08. The number of benzene rings is 1. The van der Waals surface area contributed by atoms with Crippen LogP contribution in [0.2, 0.25) is 0 Å². The average molecular weight is 450 g/mol. The lowest BCUT2D eigenvalue weighted by Crippen LogP contribution is -2.32. The van der Waals surface area contributed by atoms with E-state index in [0.29, 0.717) is 18.2 Å². The van der Waals surface area contributed by atoms with Gasteiger partial charge in [0.2, 0.25) is 0 Å². The minimum atomic E-state index is -0.938. The fraction of sp³-hybridized carbons (Fsp3) is 0.545. The first-order chi connectivity index (χ1) is 15.0. The van der Waals surface area contributed by atoms with Crippen LogP contribution in [0.3, 0.4) is 0 Å². The highest BCUT2D eigenvalue weighted by Gasteiger charge is 2.33. The summed E-state index contributed by atoms with van der Waals surface area (Å²) in [5.41, 5.74) is -0.562. The number of phenolic OH excluding ortho intramolecular Hbond substituents is 1. The summed E-state index contributed by atoms with van der Waals surface area (Å²) in [5.74, 6) is -2.04. The SMILES string of the molecule is CC(C)(C)OC(=O)NCCCCCCOc1cc(O)cc(C(=O)ON2C(=O)CCC2=O)c1. The van der Waals surface area contributed by atoms with Crippen LogP contribution in [0.1, 0.15) is 69.7 Å². The summed E-state index contributed by atoms with van der Waals surface area (Å²) in [5, 5.41) is 13.0. The zero-order chi connectivity index (χ0) is 23.7. The van der Waals surface area contributed by atoms with E-state index in [-0.39, 0.29) is 29.9 Å². The van der Waals surface area contributed by atoms with Crippen molar-refractivity contribution in [1.29, 1.82) is 0 Å². The molecule has 0 aromatic heterocycles. The molecule has 1 aliphatic heterocycles. The van der Waals surface area contributed by atoms with E-state index in [9.17, 15) is 24.3 Å². The van der Waals surface area contributed by atoms with Gasteiger partial charge >= 0.3 is 12.1 Å². The molecule has 0 unspecified atom stereocenters. The second kappa shape index (κ2) is 11.4. The van der Waals surface area contributed by atoms with E-state index in [1.807, 2.05) is 0 Å².